The molecule has 6 heteroatoms. The Hall–Kier alpha value is -2.50. The van der Waals surface area contributed by atoms with E-state index in [1.54, 1.807) is 19.1 Å². The van der Waals surface area contributed by atoms with Crippen LogP contribution < -0.4 is 25.2 Å². The smallest absolute Gasteiger partial charge is 0.271 e. The van der Waals surface area contributed by atoms with Gasteiger partial charge in [-0.15, -0.1) is 0 Å². The molecule has 0 amide bonds. The summed E-state index contributed by atoms with van der Waals surface area (Å²) < 4.78 is 10.6. The van der Waals surface area contributed by atoms with Gasteiger partial charge in [0.2, 0.25) is 0 Å². The quantitative estimate of drug-likeness (QED) is 0.849. The third kappa shape index (κ3) is 2.11. The molecule has 1 aliphatic rings. The van der Waals surface area contributed by atoms with Crippen molar-refractivity contribution in [3.8, 4) is 17.2 Å². The fourth-order valence-electron chi connectivity index (χ4n) is 3.04. The first-order valence-corrected chi connectivity index (χ1v) is 7.06. The topological polar surface area (TPSA) is 76.1 Å². The second-order valence-electron chi connectivity index (χ2n) is 5.39. The van der Waals surface area contributed by atoms with E-state index in [4.69, 9.17) is 9.47 Å². The van der Waals surface area contributed by atoms with Crippen molar-refractivity contribution in [2.75, 3.05) is 32.2 Å². The minimum Gasteiger partial charge on any atom is -0.502 e. The highest BCUT2D eigenvalue weighted by Gasteiger charge is 2.33. The van der Waals surface area contributed by atoms with Crippen LogP contribution in [-0.2, 0) is 0 Å². The number of hydrogen-bond acceptors (Lipinski definition) is 6. The van der Waals surface area contributed by atoms with Crippen LogP contribution in [0.3, 0.4) is 0 Å². The predicted molar refractivity (Wildman–Crippen MR) is 82.1 cm³/mol. The Labute approximate surface area is 127 Å². The van der Waals surface area contributed by atoms with Gasteiger partial charge in [0.05, 0.1) is 14.2 Å². The maximum Gasteiger partial charge on any atom is 0.271 e. The van der Waals surface area contributed by atoms with Crippen molar-refractivity contribution in [2.45, 2.75) is 12.3 Å². The van der Waals surface area contributed by atoms with Crippen molar-refractivity contribution >= 4 is 5.69 Å². The molecular formula is C16H17NO5. The second-order valence-corrected chi connectivity index (χ2v) is 5.39. The third-order valence-electron chi connectivity index (χ3n) is 4.24. The van der Waals surface area contributed by atoms with Crippen molar-refractivity contribution in [1.82, 2.24) is 0 Å². The number of ether oxygens (including phenoxy) is 2. The number of aromatic hydroxyl groups is 1. The van der Waals surface area contributed by atoms with E-state index in [0.717, 1.165) is 23.5 Å². The molecular weight excluding hydrogens is 286 g/mol. The first-order chi connectivity index (χ1) is 10.6. The molecule has 116 valence electrons. The molecule has 1 heterocycles. The Balaban J connectivity index is 1.87. The molecule has 0 aromatic heterocycles. The van der Waals surface area contributed by atoms with Crippen LogP contribution in [0.4, 0.5) is 5.69 Å². The van der Waals surface area contributed by atoms with Crippen LogP contribution in [0.5, 0.6) is 17.2 Å². The number of rotatable bonds is 4. The van der Waals surface area contributed by atoms with Crippen LogP contribution >= 0.6 is 0 Å². The molecule has 1 aliphatic heterocycles. The number of anilines is 1. The van der Waals surface area contributed by atoms with E-state index in [2.05, 4.69) is 0 Å². The molecule has 3 rings (SSSR count). The lowest BCUT2D eigenvalue weighted by Crippen LogP contribution is -2.38. The van der Waals surface area contributed by atoms with Crippen LogP contribution in [0, 0.1) is 0 Å². The summed E-state index contributed by atoms with van der Waals surface area (Å²) in [6.07, 6.45) is 0.807. The molecule has 0 saturated carbocycles. The summed E-state index contributed by atoms with van der Waals surface area (Å²) in [5, 5.41) is 9.57. The average molecular weight is 303 g/mol. The van der Waals surface area contributed by atoms with Gasteiger partial charge in [0.25, 0.3) is 10.9 Å². The lowest BCUT2D eigenvalue weighted by Gasteiger charge is -2.21. The molecule has 0 aliphatic carbocycles. The summed E-state index contributed by atoms with van der Waals surface area (Å²) in [4.78, 5) is 24.5. The van der Waals surface area contributed by atoms with Crippen molar-refractivity contribution < 1.29 is 14.6 Å². The Morgan fingerprint density at radius 2 is 1.95 bits per heavy atom. The number of hydrogen-bond donors (Lipinski definition) is 1. The number of nitrogens with zero attached hydrogens (tertiary/aromatic N) is 1. The zero-order valence-corrected chi connectivity index (χ0v) is 12.5. The standard InChI is InChI=1S/C16H17NO5/c1-21-10-3-4-12(22-2)11(7-10)9-5-6-17(8-9)13-14(18)16(20)15(13)19/h3-4,7,9,18H,5-6,8H2,1-2H3. The van der Waals surface area contributed by atoms with E-state index in [9.17, 15) is 14.7 Å². The third-order valence-corrected chi connectivity index (χ3v) is 4.24. The summed E-state index contributed by atoms with van der Waals surface area (Å²) in [7, 11) is 3.22. The largest absolute Gasteiger partial charge is 0.502 e. The van der Waals surface area contributed by atoms with Crippen LogP contribution in [0.15, 0.2) is 27.8 Å². The van der Waals surface area contributed by atoms with E-state index in [0.29, 0.717) is 13.1 Å². The minimum atomic E-state index is -0.794. The monoisotopic (exact) mass is 303 g/mol. The molecule has 1 unspecified atom stereocenters. The van der Waals surface area contributed by atoms with E-state index in [1.807, 2.05) is 18.2 Å². The Kier molecular flexibility index (Phi) is 3.52. The van der Waals surface area contributed by atoms with E-state index in [-0.39, 0.29) is 11.6 Å². The summed E-state index contributed by atoms with van der Waals surface area (Å²) in [6.45, 7) is 1.17. The molecule has 2 aromatic carbocycles. The van der Waals surface area contributed by atoms with Gasteiger partial charge < -0.3 is 19.5 Å². The number of methoxy groups -OCH3 is 2. The molecule has 0 spiro atoms. The van der Waals surface area contributed by atoms with Gasteiger partial charge in [0, 0.05) is 24.6 Å². The second kappa shape index (κ2) is 5.36. The fourth-order valence-corrected chi connectivity index (χ4v) is 3.04. The van der Waals surface area contributed by atoms with Gasteiger partial charge >= 0.3 is 0 Å². The van der Waals surface area contributed by atoms with Gasteiger partial charge in [-0.05, 0) is 24.6 Å². The van der Waals surface area contributed by atoms with Crippen molar-refractivity contribution in [1.29, 1.82) is 0 Å². The molecule has 6 nitrogen and oxygen atoms in total. The fraction of sp³-hybridized carbons (Fsp3) is 0.375. The van der Waals surface area contributed by atoms with Crippen LogP contribution in [0.1, 0.15) is 17.9 Å². The molecule has 22 heavy (non-hydrogen) atoms. The lowest BCUT2D eigenvalue weighted by molar-refractivity contribution is 0.396. The lowest BCUT2D eigenvalue weighted by atomic mass is 9.97. The zero-order chi connectivity index (χ0) is 15.9. The van der Waals surface area contributed by atoms with Gasteiger partial charge in [0.15, 0.2) is 5.75 Å². The normalized spacial score (nSPS) is 17.9. The molecule has 1 saturated heterocycles. The molecule has 1 N–H and O–H groups in total. The first-order valence-electron chi connectivity index (χ1n) is 7.06. The van der Waals surface area contributed by atoms with Crippen molar-refractivity contribution in [3.63, 3.8) is 0 Å². The highest BCUT2D eigenvalue weighted by atomic mass is 16.5. The highest BCUT2D eigenvalue weighted by molar-refractivity contribution is 5.64. The number of benzene rings is 1. The highest BCUT2D eigenvalue weighted by Crippen LogP contribution is 2.38. The van der Waals surface area contributed by atoms with Gasteiger partial charge in [-0.2, -0.15) is 0 Å². The van der Waals surface area contributed by atoms with E-state index in [1.165, 1.54) is 0 Å². The Morgan fingerprint density at radius 1 is 1.18 bits per heavy atom. The summed E-state index contributed by atoms with van der Waals surface area (Å²) in [5.41, 5.74) is -0.245. The summed E-state index contributed by atoms with van der Waals surface area (Å²) in [5.74, 6) is 1.24. The molecule has 1 atom stereocenters. The van der Waals surface area contributed by atoms with E-state index >= 15 is 0 Å². The van der Waals surface area contributed by atoms with Crippen LogP contribution in [0.25, 0.3) is 0 Å². The molecule has 2 aromatic rings. The van der Waals surface area contributed by atoms with Gasteiger partial charge in [-0.1, -0.05) is 0 Å². The van der Waals surface area contributed by atoms with Gasteiger partial charge in [-0.25, -0.2) is 0 Å². The summed E-state index contributed by atoms with van der Waals surface area (Å²) >= 11 is 0. The molecule has 0 radical (unpaired) electrons. The van der Waals surface area contributed by atoms with Crippen molar-refractivity contribution in [2.24, 2.45) is 0 Å². The van der Waals surface area contributed by atoms with Gasteiger partial charge in [0.1, 0.15) is 17.2 Å². The molecule has 0 bridgehead atoms. The predicted octanol–water partition coefficient (Wildman–Crippen LogP) is 0.999. The van der Waals surface area contributed by atoms with Crippen LogP contribution in [-0.4, -0.2) is 32.4 Å². The first kappa shape index (κ1) is 14.4. The SMILES string of the molecule is COc1ccc(OC)c(C2CCN(c3c(O)c(=O)c3=O)C2)c1. The Bertz CT molecular complexity index is 775. The summed E-state index contributed by atoms with van der Waals surface area (Å²) in [6, 6.07) is 5.61. The van der Waals surface area contributed by atoms with Crippen molar-refractivity contribution in [3.05, 3.63) is 44.2 Å². The minimum absolute atomic E-state index is 0.147. The molecule has 1 fully saturated rings. The Morgan fingerprint density at radius 3 is 2.59 bits per heavy atom. The zero-order valence-electron chi connectivity index (χ0n) is 12.5. The van der Waals surface area contributed by atoms with E-state index < -0.39 is 16.6 Å². The van der Waals surface area contributed by atoms with Gasteiger partial charge in [-0.3, -0.25) is 9.59 Å². The van der Waals surface area contributed by atoms with Crippen LogP contribution in [0.2, 0.25) is 0 Å². The maximum atomic E-state index is 11.6. The maximum absolute atomic E-state index is 11.6. The average Bonchev–Trinajstić information content (AvgIpc) is 3.03.